The summed E-state index contributed by atoms with van der Waals surface area (Å²) in [6.45, 7) is 2.02. The molecule has 0 aliphatic heterocycles. The van der Waals surface area contributed by atoms with Gasteiger partial charge in [-0.15, -0.1) is 0 Å². The van der Waals surface area contributed by atoms with Crippen LogP contribution in [0.1, 0.15) is 27.2 Å². The van der Waals surface area contributed by atoms with Crippen LogP contribution in [0.15, 0.2) is 3.77 Å². The zero-order valence-corrected chi connectivity index (χ0v) is 13.7. The Hall–Kier alpha value is -1.02. The first kappa shape index (κ1) is 22.0. The van der Waals surface area contributed by atoms with E-state index in [9.17, 15) is 39.4 Å². The highest BCUT2D eigenvalue weighted by Gasteiger charge is 2.52. The van der Waals surface area contributed by atoms with Crippen molar-refractivity contribution in [2.45, 2.75) is 38.0 Å². The number of esters is 1. The molecule has 0 heterocycles. The van der Waals surface area contributed by atoms with Crippen molar-refractivity contribution in [3.8, 4) is 0 Å². The number of carbonyl (C=O) groups excluding carboxylic acids is 1. The maximum atomic E-state index is 13.4. The first-order chi connectivity index (χ1) is 9.90. The van der Waals surface area contributed by atoms with Gasteiger partial charge in [0.1, 0.15) is 0 Å². The van der Waals surface area contributed by atoms with E-state index in [2.05, 4.69) is 4.74 Å². The molecule has 1 N–H and O–H groups in total. The van der Waals surface area contributed by atoms with Gasteiger partial charge in [-0.1, -0.05) is 10.7 Å². The summed E-state index contributed by atoms with van der Waals surface area (Å²) < 4.78 is 110. The summed E-state index contributed by atoms with van der Waals surface area (Å²) in [5, 5.41) is -5.04. The van der Waals surface area contributed by atoms with Crippen molar-refractivity contribution in [2.24, 2.45) is 9.18 Å². The second kappa shape index (κ2) is 6.47. The molecule has 7 nitrogen and oxygen atoms in total. The number of ether oxygens (including phenoxy) is 1. The van der Waals surface area contributed by atoms with Crippen molar-refractivity contribution < 1.29 is 48.7 Å². The fraction of sp³-hybridized carbons (Fsp3) is 0.889. The third kappa shape index (κ3) is 5.24. The van der Waals surface area contributed by atoms with E-state index in [0.29, 0.717) is 0 Å². The Morgan fingerprint density at radius 2 is 1.57 bits per heavy atom. The highest BCUT2D eigenvalue weighted by Crippen LogP contribution is 2.31. The normalized spacial score (nSPS) is 16.6. The average Bonchev–Trinajstić information content (AvgIpc) is 2.33. The largest absolute Gasteiger partial charge is 0.519 e. The Balaban J connectivity index is 5.52. The van der Waals surface area contributed by atoms with E-state index in [1.807, 2.05) is 0 Å². The predicted molar refractivity (Wildman–Crippen MR) is 68.2 cm³/mol. The molecule has 1 unspecified atom stereocenters. The van der Waals surface area contributed by atoms with E-state index in [1.54, 1.807) is 0 Å². The number of rotatable bonds is 6. The minimum atomic E-state index is -6.63. The molecule has 0 saturated heterocycles. The summed E-state index contributed by atoms with van der Waals surface area (Å²) in [4.78, 5) is 11.5. The first-order valence-electron chi connectivity index (χ1n) is 5.76. The Bertz CT molecular complexity index is 675. The van der Waals surface area contributed by atoms with Crippen molar-refractivity contribution in [1.82, 2.24) is 0 Å². The van der Waals surface area contributed by atoms with Crippen LogP contribution in [-0.4, -0.2) is 40.5 Å². The standard InChI is InChI=1S/C9H14F5NO6S2/c1-4-7(2,3)6(16)21-5-8(10,11)22(17,18)15-23(19,20)9(12,13)14/h4-5H2,1-3H3,(H,15,17,18). The summed E-state index contributed by atoms with van der Waals surface area (Å²) in [6.07, 6.45) is 0.152. The lowest BCUT2D eigenvalue weighted by Crippen LogP contribution is -2.38. The number of sulfonamides is 1. The minimum Gasteiger partial charge on any atom is -0.458 e. The van der Waals surface area contributed by atoms with E-state index in [-0.39, 0.29) is 6.42 Å². The van der Waals surface area contributed by atoms with Crippen LogP contribution in [0, 0.1) is 5.41 Å². The Labute approximate surface area is 129 Å². The zero-order chi connectivity index (χ0) is 18.9. The van der Waals surface area contributed by atoms with Crippen LogP contribution >= 0.6 is 0 Å². The molecule has 0 aliphatic carbocycles. The molecule has 23 heavy (non-hydrogen) atoms. The highest BCUT2D eigenvalue weighted by atomic mass is 32.3. The van der Waals surface area contributed by atoms with Gasteiger partial charge in [-0.05, 0) is 20.3 Å². The topological polar surface area (TPSA) is 110 Å². The van der Waals surface area contributed by atoms with E-state index >= 15 is 0 Å². The smallest absolute Gasteiger partial charge is 0.458 e. The number of alkyl halides is 5. The lowest BCUT2D eigenvalue weighted by Gasteiger charge is -2.22. The van der Waals surface area contributed by atoms with Gasteiger partial charge >= 0.3 is 26.8 Å². The molecule has 0 aromatic carbocycles. The minimum absolute atomic E-state index is 0.152. The summed E-state index contributed by atoms with van der Waals surface area (Å²) in [6, 6.07) is 0. The zero-order valence-electron chi connectivity index (χ0n) is 12.1. The van der Waals surface area contributed by atoms with Crippen molar-refractivity contribution in [3.05, 3.63) is 0 Å². The molecule has 1 atom stereocenters. The van der Waals surface area contributed by atoms with Crippen LogP contribution in [0.3, 0.4) is 0 Å². The molecule has 0 bridgehead atoms. The molecule has 0 saturated carbocycles. The number of halogens is 5. The maximum Gasteiger partial charge on any atom is 0.519 e. The highest BCUT2D eigenvalue weighted by molar-refractivity contribution is 8.01. The summed E-state index contributed by atoms with van der Waals surface area (Å²) >= 11 is 0. The van der Waals surface area contributed by atoms with Crippen molar-refractivity contribution in [3.63, 3.8) is 0 Å². The third-order valence-corrected chi connectivity index (χ3v) is 5.76. The predicted octanol–water partition coefficient (Wildman–Crippen LogP) is 2.35. The van der Waals surface area contributed by atoms with Crippen LogP contribution < -0.4 is 0 Å². The van der Waals surface area contributed by atoms with Gasteiger partial charge in [0.25, 0.3) is 0 Å². The van der Waals surface area contributed by atoms with Crippen molar-refractivity contribution in [1.29, 1.82) is 0 Å². The van der Waals surface area contributed by atoms with Gasteiger partial charge in [0.2, 0.25) is 10.0 Å². The van der Waals surface area contributed by atoms with Gasteiger partial charge in [-0.2, -0.15) is 30.4 Å². The summed E-state index contributed by atoms with van der Waals surface area (Å²) in [5.41, 5.74) is -7.36. The quantitative estimate of drug-likeness (QED) is 0.550. The van der Waals surface area contributed by atoms with Gasteiger partial charge in [-0.3, -0.25) is 9.35 Å². The number of carbonyl (C=O) groups is 1. The van der Waals surface area contributed by atoms with Gasteiger partial charge in [0.05, 0.1) is 5.41 Å². The maximum absolute atomic E-state index is 13.4. The van der Waals surface area contributed by atoms with Crippen LogP contribution in [0.5, 0.6) is 0 Å². The third-order valence-electron chi connectivity index (χ3n) is 2.69. The number of hydrogen-bond acceptors (Lipinski definition) is 5. The first-order valence-corrected chi connectivity index (χ1v) is 8.67. The van der Waals surface area contributed by atoms with E-state index < -0.39 is 48.8 Å². The molecule has 0 radical (unpaired) electrons. The molecule has 0 spiro atoms. The Morgan fingerprint density at radius 1 is 1.13 bits per heavy atom. The molecule has 0 fully saturated rings. The summed E-state index contributed by atoms with van der Waals surface area (Å²) in [7, 11) is -12.8. The molecule has 0 aromatic rings. The average molecular weight is 391 g/mol. The SMILES string of the molecule is CCC(C)(C)C(=O)OCC(F)(F)S(=O)(O)=NS(=O)(=O)C(F)(F)F. The van der Waals surface area contributed by atoms with Crippen molar-refractivity contribution in [2.75, 3.05) is 6.61 Å². The lowest BCUT2D eigenvalue weighted by molar-refractivity contribution is -0.160. The molecule has 14 heteroatoms. The van der Waals surface area contributed by atoms with Crippen LogP contribution in [0.25, 0.3) is 0 Å². The molecule has 0 rings (SSSR count). The lowest BCUT2D eigenvalue weighted by atomic mass is 9.91. The number of nitrogens with zero attached hydrogens (tertiary/aromatic N) is 1. The van der Waals surface area contributed by atoms with Gasteiger partial charge < -0.3 is 4.74 Å². The summed E-state index contributed by atoms with van der Waals surface area (Å²) in [5.74, 6) is -1.21. The molecular formula is C9H14F5NO6S2. The van der Waals surface area contributed by atoms with Crippen LogP contribution in [0.2, 0.25) is 0 Å². The molecule has 0 aliphatic rings. The molecule has 138 valence electrons. The Kier molecular flexibility index (Phi) is 6.18. The second-order valence-corrected chi connectivity index (χ2v) is 8.54. The fourth-order valence-electron chi connectivity index (χ4n) is 0.796. The molecule has 0 aromatic heterocycles. The second-order valence-electron chi connectivity index (χ2n) is 4.94. The Morgan fingerprint density at radius 3 is 1.91 bits per heavy atom. The van der Waals surface area contributed by atoms with Gasteiger partial charge in [-0.25, -0.2) is 4.21 Å². The number of hydrogen-bond donors (Lipinski definition) is 1. The molecular weight excluding hydrogens is 377 g/mol. The van der Waals surface area contributed by atoms with E-state index in [4.69, 9.17) is 4.55 Å². The van der Waals surface area contributed by atoms with Crippen molar-refractivity contribution >= 4 is 26.0 Å². The van der Waals surface area contributed by atoms with Gasteiger partial charge in [0.15, 0.2) is 6.61 Å². The van der Waals surface area contributed by atoms with E-state index in [1.165, 1.54) is 24.5 Å². The molecule has 0 amide bonds. The van der Waals surface area contributed by atoms with Gasteiger partial charge in [0, 0.05) is 0 Å². The van der Waals surface area contributed by atoms with E-state index in [0.717, 1.165) is 0 Å². The van der Waals surface area contributed by atoms with Crippen LogP contribution in [-0.2, 0) is 29.6 Å². The monoisotopic (exact) mass is 391 g/mol. The fourth-order valence-corrected chi connectivity index (χ4v) is 2.85. The van der Waals surface area contributed by atoms with Crippen LogP contribution in [0.4, 0.5) is 22.0 Å².